The smallest absolute Gasteiger partial charge is 0.265 e. The number of nitrogens with zero attached hydrogens (tertiary/aromatic N) is 2. The Kier molecular flexibility index (Phi) is 3.28. The molecule has 5 nitrogen and oxygen atoms in total. The predicted octanol–water partition coefficient (Wildman–Crippen LogP) is 1.50. The van der Waals surface area contributed by atoms with Crippen molar-refractivity contribution >= 4 is 35.2 Å². The number of hydrogen-bond acceptors (Lipinski definition) is 4. The molecule has 0 N–H and O–H groups in total. The Morgan fingerprint density at radius 1 is 1.16 bits per heavy atom. The molecule has 1 fully saturated rings. The molecule has 19 heavy (non-hydrogen) atoms. The van der Waals surface area contributed by atoms with Crippen molar-refractivity contribution in [1.82, 2.24) is 9.80 Å². The van der Waals surface area contributed by atoms with E-state index in [4.69, 9.17) is 16.6 Å². The van der Waals surface area contributed by atoms with Gasteiger partial charge in [0.05, 0.1) is 0 Å². The fourth-order valence-electron chi connectivity index (χ4n) is 1.92. The molecule has 2 heterocycles. The molecule has 2 amide bonds. The lowest BCUT2D eigenvalue weighted by atomic mass is 10.1. The summed E-state index contributed by atoms with van der Waals surface area (Å²) in [6.45, 7) is 3.60. The molecule has 0 bridgehead atoms. The highest BCUT2D eigenvalue weighted by Gasteiger charge is 2.35. The summed E-state index contributed by atoms with van der Waals surface area (Å²) in [5.41, 5.74) is 0.811. The van der Waals surface area contributed by atoms with Gasteiger partial charge in [0.1, 0.15) is 17.1 Å². The molecule has 0 atom stereocenters. The molecular weight excluding hydrogens is 264 g/mol. The number of furan rings is 1. The highest BCUT2D eigenvalue weighted by atomic mass is 32.1. The van der Waals surface area contributed by atoms with Crippen molar-refractivity contribution < 1.29 is 14.0 Å². The molecule has 100 valence electrons. The van der Waals surface area contributed by atoms with Crippen LogP contribution < -0.4 is 0 Å². The molecule has 0 unspecified atom stereocenters. The minimum atomic E-state index is -0.397. The Bertz CT molecular complexity index is 589. The second-order valence-corrected chi connectivity index (χ2v) is 4.80. The van der Waals surface area contributed by atoms with Gasteiger partial charge in [-0.1, -0.05) is 0 Å². The standard InChI is InChI=1S/C13H14N2O3S/c1-7-5-9(8(2)18-7)6-10-11(16)14(3)13(19)15(4)12(10)17/h5-6H,1-4H3. The normalized spacial score (nSPS) is 16.4. The summed E-state index contributed by atoms with van der Waals surface area (Å²) < 4.78 is 5.38. The SMILES string of the molecule is Cc1cc(C=C2C(=O)N(C)C(=S)N(C)C2=O)c(C)o1. The number of hydrogen-bond donors (Lipinski definition) is 0. The summed E-state index contributed by atoms with van der Waals surface area (Å²) >= 11 is 5.02. The van der Waals surface area contributed by atoms with Gasteiger partial charge in [0, 0.05) is 19.7 Å². The molecule has 0 spiro atoms. The zero-order chi connectivity index (χ0) is 14.3. The Morgan fingerprint density at radius 3 is 2.11 bits per heavy atom. The first-order chi connectivity index (χ1) is 8.82. The van der Waals surface area contributed by atoms with Gasteiger partial charge in [0.15, 0.2) is 5.11 Å². The lowest BCUT2D eigenvalue weighted by Gasteiger charge is -2.31. The van der Waals surface area contributed by atoms with E-state index in [1.54, 1.807) is 33.2 Å². The van der Waals surface area contributed by atoms with Crippen LogP contribution in [-0.2, 0) is 9.59 Å². The van der Waals surface area contributed by atoms with Crippen LogP contribution in [0.5, 0.6) is 0 Å². The topological polar surface area (TPSA) is 53.8 Å². The summed E-state index contributed by atoms with van der Waals surface area (Å²) in [5.74, 6) is 0.610. The van der Waals surface area contributed by atoms with Crippen molar-refractivity contribution in [3.63, 3.8) is 0 Å². The summed E-state index contributed by atoms with van der Waals surface area (Å²) in [6.07, 6.45) is 1.55. The first kappa shape index (κ1) is 13.5. The number of amides is 2. The van der Waals surface area contributed by atoms with Crippen LogP contribution in [0.3, 0.4) is 0 Å². The van der Waals surface area contributed by atoms with E-state index in [0.717, 1.165) is 11.3 Å². The number of likely N-dealkylation sites (N-methyl/N-ethyl adjacent to an activating group) is 2. The van der Waals surface area contributed by atoms with E-state index in [-0.39, 0.29) is 10.7 Å². The molecule has 0 aliphatic carbocycles. The van der Waals surface area contributed by atoms with Gasteiger partial charge in [-0.05, 0) is 38.2 Å². The van der Waals surface area contributed by atoms with E-state index in [0.29, 0.717) is 5.76 Å². The maximum absolute atomic E-state index is 12.1. The molecular formula is C13H14N2O3S. The second kappa shape index (κ2) is 4.62. The molecule has 2 rings (SSSR count). The average Bonchev–Trinajstić information content (AvgIpc) is 2.68. The van der Waals surface area contributed by atoms with Crippen molar-refractivity contribution in [2.24, 2.45) is 0 Å². The highest BCUT2D eigenvalue weighted by molar-refractivity contribution is 7.80. The molecule has 1 aliphatic rings. The molecule has 1 aliphatic heterocycles. The average molecular weight is 278 g/mol. The largest absolute Gasteiger partial charge is 0.466 e. The van der Waals surface area contributed by atoms with Gasteiger partial charge in [-0.3, -0.25) is 19.4 Å². The number of carbonyl (C=O) groups excluding carboxylic acids is 2. The number of thiocarbonyl (C=S) groups is 1. The third-order valence-corrected chi connectivity index (χ3v) is 3.57. The number of rotatable bonds is 1. The van der Waals surface area contributed by atoms with Crippen LogP contribution in [0.1, 0.15) is 17.1 Å². The minimum absolute atomic E-state index is 0.0856. The highest BCUT2D eigenvalue weighted by Crippen LogP contribution is 2.21. The van der Waals surface area contributed by atoms with Crippen molar-refractivity contribution in [3.8, 4) is 0 Å². The first-order valence-corrected chi connectivity index (χ1v) is 6.12. The van der Waals surface area contributed by atoms with Gasteiger partial charge in [-0.25, -0.2) is 0 Å². The Labute approximate surface area is 116 Å². The van der Waals surface area contributed by atoms with Crippen LogP contribution in [0, 0.1) is 13.8 Å². The lowest BCUT2D eigenvalue weighted by molar-refractivity contribution is -0.132. The molecule has 1 aromatic heterocycles. The van der Waals surface area contributed by atoms with E-state index in [2.05, 4.69) is 0 Å². The lowest BCUT2D eigenvalue weighted by Crippen LogP contribution is -2.52. The molecule has 0 aromatic carbocycles. The quantitative estimate of drug-likeness (QED) is 0.444. The van der Waals surface area contributed by atoms with E-state index in [1.807, 2.05) is 6.92 Å². The Hall–Kier alpha value is -1.95. The molecule has 1 aromatic rings. The van der Waals surface area contributed by atoms with Gasteiger partial charge in [0.25, 0.3) is 11.8 Å². The van der Waals surface area contributed by atoms with Gasteiger partial charge in [-0.15, -0.1) is 0 Å². The van der Waals surface area contributed by atoms with E-state index in [1.165, 1.54) is 9.80 Å². The van der Waals surface area contributed by atoms with Crippen molar-refractivity contribution in [3.05, 3.63) is 28.7 Å². The van der Waals surface area contributed by atoms with E-state index in [9.17, 15) is 9.59 Å². The Morgan fingerprint density at radius 2 is 1.68 bits per heavy atom. The van der Waals surface area contributed by atoms with Crippen LogP contribution in [0.15, 0.2) is 16.1 Å². The van der Waals surface area contributed by atoms with Gasteiger partial charge in [0.2, 0.25) is 0 Å². The summed E-state index contributed by atoms with van der Waals surface area (Å²) in [5, 5.41) is 0.201. The zero-order valence-electron chi connectivity index (χ0n) is 11.2. The molecule has 0 radical (unpaired) electrons. The van der Waals surface area contributed by atoms with Crippen LogP contribution in [0.4, 0.5) is 0 Å². The van der Waals surface area contributed by atoms with Crippen LogP contribution in [-0.4, -0.2) is 40.8 Å². The fraction of sp³-hybridized carbons (Fsp3) is 0.308. The van der Waals surface area contributed by atoms with Gasteiger partial charge < -0.3 is 4.42 Å². The van der Waals surface area contributed by atoms with Crippen LogP contribution >= 0.6 is 12.2 Å². The first-order valence-electron chi connectivity index (χ1n) is 5.71. The Balaban J connectivity index is 2.48. The van der Waals surface area contributed by atoms with Crippen LogP contribution in [0.25, 0.3) is 6.08 Å². The van der Waals surface area contributed by atoms with E-state index >= 15 is 0 Å². The van der Waals surface area contributed by atoms with Crippen molar-refractivity contribution in [2.75, 3.05) is 14.1 Å². The predicted molar refractivity (Wildman–Crippen MR) is 74.3 cm³/mol. The zero-order valence-corrected chi connectivity index (χ0v) is 12.0. The number of aryl methyl sites for hydroxylation is 2. The summed E-state index contributed by atoms with van der Waals surface area (Å²) in [7, 11) is 3.10. The van der Waals surface area contributed by atoms with Gasteiger partial charge >= 0.3 is 0 Å². The molecule has 0 saturated carbocycles. The maximum atomic E-state index is 12.1. The third kappa shape index (κ3) is 2.19. The van der Waals surface area contributed by atoms with Crippen molar-refractivity contribution in [1.29, 1.82) is 0 Å². The van der Waals surface area contributed by atoms with Crippen LogP contribution in [0.2, 0.25) is 0 Å². The van der Waals surface area contributed by atoms with Gasteiger partial charge in [-0.2, -0.15) is 0 Å². The fourth-order valence-corrected chi connectivity index (χ4v) is 2.09. The second-order valence-electron chi connectivity index (χ2n) is 4.44. The monoisotopic (exact) mass is 278 g/mol. The van der Waals surface area contributed by atoms with E-state index < -0.39 is 11.8 Å². The van der Waals surface area contributed by atoms with Crippen molar-refractivity contribution in [2.45, 2.75) is 13.8 Å². The number of carbonyl (C=O) groups is 2. The summed E-state index contributed by atoms with van der Waals surface area (Å²) in [6, 6.07) is 1.79. The third-order valence-electron chi connectivity index (χ3n) is 3.02. The minimum Gasteiger partial charge on any atom is -0.466 e. The summed E-state index contributed by atoms with van der Waals surface area (Å²) in [4.78, 5) is 26.8. The molecule has 1 saturated heterocycles. The maximum Gasteiger partial charge on any atom is 0.265 e. The molecule has 6 heteroatoms.